The maximum atomic E-state index is 13.5. The van der Waals surface area contributed by atoms with Gasteiger partial charge in [0.25, 0.3) is 0 Å². The van der Waals surface area contributed by atoms with Gasteiger partial charge in [-0.2, -0.15) is 0 Å². The Labute approximate surface area is 114 Å². The Morgan fingerprint density at radius 2 is 2.00 bits per heavy atom. The quantitative estimate of drug-likeness (QED) is 0.730. The number of tetrazole rings is 1. The number of hydrogen-bond acceptors (Lipinski definition) is 4. The molecule has 0 N–H and O–H groups in total. The van der Waals surface area contributed by atoms with E-state index in [9.17, 15) is 4.39 Å². The molecule has 2 aromatic carbocycles. The van der Waals surface area contributed by atoms with Crippen LogP contribution in [-0.2, 0) is 6.61 Å². The second-order valence-corrected chi connectivity index (χ2v) is 4.13. The fraction of sp³-hybridized carbons (Fsp3) is 0.0714. The summed E-state index contributed by atoms with van der Waals surface area (Å²) in [5.74, 6) is 0.352. The number of aromatic nitrogens is 4. The topological polar surface area (TPSA) is 52.8 Å². The lowest BCUT2D eigenvalue weighted by atomic mass is 10.2. The van der Waals surface area contributed by atoms with Crippen molar-refractivity contribution in [3.63, 3.8) is 0 Å². The summed E-state index contributed by atoms with van der Waals surface area (Å²) in [6.45, 7) is 0.172. The van der Waals surface area contributed by atoms with Crippen molar-refractivity contribution in [2.24, 2.45) is 0 Å². The predicted octanol–water partition coefficient (Wildman–Crippen LogP) is 2.38. The number of ether oxygens (including phenoxy) is 1. The van der Waals surface area contributed by atoms with E-state index in [4.69, 9.17) is 4.74 Å². The third-order valence-electron chi connectivity index (χ3n) is 2.78. The largest absolute Gasteiger partial charge is 0.489 e. The van der Waals surface area contributed by atoms with Gasteiger partial charge in [-0.3, -0.25) is 0 Å². The second-order valence-electron chi connectivity index (χ2n) is 4.13. The molecule has 0 aliphatic carbocycles. The van der Waals surface area contributed by atoms with Gasteiger partial charge in [-0.1, -0.05) is 24.3 Å². The fourth-order valence-corrected chi connectivity index (χ4v) is 1.77. The van der Waals surface area contributed by atoms with Gasteiger partial charge >= 0.3 is 0 Å². The van der Waals surface area contributed by atoms with Gasteiger partial charge in [0, 0.05) is 11.6 Å². The van der Waals surface area contributed by atoms with Crippen LogP contribution in [0.4, 0.5) is 4.39 Å². The lowest BCUT2D eigenvalue weighted by Crippen LogP contribution is -2.00. The zero-order valence-corrected chi connectivity index (χ0v) is 10.5. The summed E-state index contributed by atoms with van der Waals surface area (Å²) in [5.41, 5.74) is 1.29. The predicted molar refractivity (Wildman–Crippen MR) is 69.9 cm³/mol. The standard InChI is InChI=1S/C14H11FN4O/c15-14-7-2-1-4-11(14)9-20-13-6-3-5-12(8-13)19-10-16-17-18-19/h1-8,10H,9H2. The summed E-state index contributed by atoms with van der Waals surface area (Å²) in [6.07, 6.45) is 1.50. The van der Waals surface area contributed by atoms with Gasteiger partial charge in [0.05, 0.1) is 5.69 Å². The van der Waals surface area contributed by atoms with E-state index < -0.39 is 0 Å². The van der Waals surface area contributed by atoms with Crippen molar-refractivity contribution in [3.8, 4) is 11.4 Å². The first-order valence-corrected chi connectivity index (χ1v) is 6.02. The SMILES string of the molecule is Fc1ccccc1COc1cccc(-n2cnnn2)c1. The average molecular weight is 270 g/mol. The van der Waals surface area contributed by atoms with Crippen LogP contribution in [0.1, 0.15) is 5.56 Å². The maximum absolute atomic E-state index is 13.5. The van der Waals surface area contributed by atoms with Crippen molar-refractivity contribution in [1.29, 1.82) is 0 Å². The normalized spacial score (nSPS) is 10.4. The molecule has 3 aromatic rings. The van der Waals surface area contributed by atoms with Crippen LogP contribution in [0.3, 0.4) is 0 Å². The number of halogens is 1. The fourth-order valence-electron chi connectivity index (χ4n) is 1.77. The summed E-state index contributed by atoms with van der Waals surface area (Å²) in [7, 11) is 0. The lowest BCUT2D eigenvalue weighted by molar-refractivity contribution is 0.299. The van der Waals surface area contributed by atoms with Gasteiger partial charge in [-0.25, -0.2) is 9.07 Å². The van der Waals surface area contributed by atoms with E-state index in [1.165, 1.54) is 17.1 Å². The zero-order valence-electron chi connectivity index (χ0n) is 10.5. The van der Waals surface area contributed by atoms with Gasteiger partial charge in [0.15, 0.2) is 0 Å². The Kier molecular flexibility index (Phi) is 3.36. The highest BCUT2D eigenvalue weighted by atomic mass is 19.1. The number of hydrogen-bond donors (Lipinski definition) is 0. The van der Waals surface area contributed by atoms with E-state index in [0.29, 0.717) is 11.3 Å². The summed E-state index contributed by atoms with van der Waals surface area (Å²) in [5, 5.41) is 11.0. The minimum Gasteiger partial charge on any atom is -0.489 e. The van der Waals surface area contributed by atoms with Crippen molar-refractivity contribution in [2.45, 2.75) is 6.61 Å². The molecule has 0 unspecified atom stereocenters. The Hall–Kier alpha value is -2.76. The molecule has 0 amide bonds. The highest BCUT2D eigenvalue weighted by Crippen LogP contribution is 2.18. The van der Waals surface area contributed by atoms with Crippen LogP contribution >= 0.6 is 0 Å². The highest BCUT2D eigenvalue weighted by Gasteiger charge is 2.03. The molecule has 0 saturated heterocycles. The third-order valence-corrected chi connectivity index (χ3v) is 2.78. The van der Waals surface area contributed by atoms with Crippen molar-refractivity contribution >= 4 is 0 Å². The van der Waals surface area contributed by atoms with Crippen LogP contribution in [0, 0.1) is 5.82 Å². The van der Waals surface area contributed by atoms with Gasteiger partial charge in [0.2, 0.25) is 0 Å². The number of nitrogens with zero attached hydrogens (tertiary/aromatic N) is 4. The Bertz CT molecular complexity index is 700. The van der Waals surface area contributed by atoms with Crippen LogP contribution in [0.5, 0.6) is 5.75 Å². The van der Waals surface area contributed by atoms with Gasteiger partial charge in [-0.05, 0) is 28.6 Å². The molecule has 6 heteroatoms. The minimum absolute atomic E-state index is 0.172. The summed E-state index contributed by atoms with van der Waals surface area (Å²) < 4.78 is 20.6. The van der Waals surface area contributed by atoms with E-state index in [1.54, 1.807) is 30.3 Å². The first kappa shape index (κ1) is 12.3. The molecule has 3 rings (SSSR count). The van der Waals surface area contributed by atoms with Crippen molar-refractivity contribution in [1.82, 2.24) is 20.2 Å². The van der Waals surface area contributed by atoms with Crippen LogP contribution in [0.15, 0.2) is 54.9 Å². The molecule has 100 valence electrons. The van der Waals surface area contributed by atoms with Crippen molar-refractivity contribution in [2.75, 3.05) is 0 Å². The Morgan fingerprint density at radius 3 is 2.80 bits per heavy atom. The maximum Gasteiger partial charge on any atom is 0.143 e. The molecular formula is C14H11FN4O. The summed E-state index contributed by atoms with van der Waals surface area (Å²) in [4.78, 5) is 0. The van der Waals surface area contributed by atoms with Gasteiger partial charge < -0.3 is 4.74 Å². The highest BCUT2D eigenvalue weighted by molar-refractivity contribution is 5.38. The van der Waals surface area contributed by atoms with Crippen LogP contribution < -0.4 is 4.74 Å². The molecule has 0 aliphatic heterocycles. The van der Waals surface area contributed by atoms with Crippen molar-refractivity contribution in [3.05, 3.63) is 66.2 Å². The zero-order chi connectivity index (χ0) is 13.8. The monoisotopic (exact) mass is 270 g/mol. The number of rotatable bonds is 4. The van der Waals surface area contributed by atoms with E-state index >= 15 is 0 Å². The average Bonchev–Trinajstić information content (AvgIpc) is 3.01. The van der Waals surface area contributed by atoms with Crippen LogP contribution in [-0.4, -0.2) is 20.2 Å². The second kappa shape index (κ2) is 5.48. The van der Waals surface area contributed by atoms with Crippen LogP contribution in [0.25, 0.3) is 5.69 Å². The van der Waals surface area contributed by atoms with E-state index in [1.807, 2.05) is 12.1 Å². The minimum atomic E-state index is -0.274. The smallest absolute Gasteiger partial charge is 0.143 e. The molecule has 0 aliphatic rings. The summed E-state index contributed by atoms with van der Waals surface area (Å²) in [6, 6.07) is 13.8. The molecule has 0 radical (unpaired) electrons. The number of benzene rings is 2. The lowest BCUT2D eigenvalue weighted by Gasteiger charge is -2.08. The molecule has 1 aromatic heterocycles. The third kappa shape index (κ3) is 2.64. The van der Waals surface area contributed by atoms with Crippen molar-refractivity contribution < 1.29 is 9.13 Å². The molecule has 0 atom stereocenters. The van der Waals surface area contributed by atoms with E-state index in [2.05, 4.69) is 15.5 Å². The summed E-state index contributed by atoms with van der Waals surface area (Å²) >= 11 is 0. The molecule has 0 saturated carbocycles. The molecular weight excluding hydrogens is 259 g/mol. The van der Waals surface area contributed by atoms with Crippen LogP contribution in [0.2, 0.25) is 0 Å². The molecule has 0 bridgehead atoms. The Balaban J connectivity index is 1.75. The first-order chi connectivity index (χ1) is 9.83. The van der Waals surface area contributed by atoms with Gasteiger partial charge in [0.1, 0.15) is 24.5 Å². The first-order valence-electron chi connectivity index (χ1n) is 6.02. The molecule has 0 spiro atoms. The molecule has 0 fully saturated rings. The van der Waals surface area contributed by atoms with E-state index in [0.717, 1.165) is 5.69 Å². The van der Waals surface area contributed by atoms with E-state index in [-0.39, 0.29) is 12.4 Å². The Morgan fingerprint density at radius 1 is 1.10 bits per heavy atom. The molecule has 5 nitrogen and oxygen atoms in total. The molecule has 1 heterocycles. The molecule has 20 heavy (non-hydrogen) atoms. The van der Waals surface area contributed by atoms with Gasteiger partial charge in [-0.15, -0.1) is 5.10 Å².